The molecule has 0 radical (unpaired) electrons. The second-order valence-corrected chi connectivity index (χ2v) is 7.85. The third-order valence-corrected chi connectivity index (χ3v) is 5.80. The van der Waals surface area contributed by atoms with E-state index in [1.165, 1.54) is 26.0 Å². The number of ether oxygens (including phenoxy) is 1. The van der Waals surface area contributed by atoms with Gasteiger partial charge in [-0.1, -0.05) is 25.7 Å². The molecule has 1 aromatic carbocycles. The minimum Gasteiger partial charge on any atom is -0.494 e. The monoisotopic (exact) mass is 428 g/mol. The van der Waals surface area contributed by atoms with Gasteiger partial charge in [0.25, 0.3) is 0 Å². The van der Waals surface area contributed by atoms with E-state index in [0.717, 1.165) is 25.7 Å². The van der Waals surface area contributed by atoms with E-state index in [1.54, 1.807) is 23.3 Å². The molecule has 1 aliphatic heterocycles. The number of nitrogens with two attached hydrogens (primary N) is 2. The zero-order chi connectivity index (χ0) is 21.8. The average Bonchev–Trinajstić information content (AvgIpc) is 3.13. The Hall–Kier alpha value is -3.07. The third-order valence-electron chi connectivity index (χ3n) is 5.80. The zero-order valence-electron chi connectivity index (χ0n) is 17.7. The molecule has 0 amide bonds. The number of rotatable bonds is 5. The van der Waals surface area contributed by atoms with Crippen LogP contribution in [0.25, 0.3) is 0 Å². The first kappa shape index (κ1) is 21.2. The highest BCUT2D eigenvalue weighted by molar-refractivity contribution is 6.05. The van der Waals surface area contributed by atoms with Crippen molar-refractivity contribution in [1.29, 1.82) is 0 Å². The summed E-state index contributed by atoms with van der Waals surface area (Å²) < 4.78 is 25.0. The van der Waals surface area contributed by atoms with Gasteiger partial charge in [0.2, 0.25) is 11.9 Å². The number of methoxy groups -OCH3 is 1. The Morgan fingerprint density at radius 3 is 2.61 bits per heavy atom. The number of benzene rings is 1. The summed E-state index contributed by atoms with van der Waals surface area (Å²) in [5, 5.41) is 0. The molecular weight excluding hydrogens is 399 g/mol. The van der Waals surface area contributed by atoms with Crippen molar-refractivity contribution in [2.24, 2.45) is 21.5 Å². The van der Waals surface area contributed by atoms with Gasteiger partial charge < -0.3 is 24.7 Å². The van der Waals surface area contributed by atoms with Crippen molar-refractivity contribution in [2.75, 3.05) is 12.0 Å². The SMILES string of the molecule is COc1ccc(N(C2=NC(N)N(Cc3ccco3)C(N)=N2)C2CCCCCC2)cc1F. The van der Waals surface area contributed by atoms with Gasteiger partial charge in [-0.05, 0) is 37.1 Å². The van der Waals surface area contributed by atoms with Gasteiger partial charge in [-0.2, -0.15) is 4.99 Å². The molecule has 9 heteroatoms. The first-order chi connectivity index (χ1) is 15.1. The molecule has 0 saturated heterocycles. The number of nitrogens with zero attached hydrogens (tertiary/aromatic N) is 4. The molecule has 31 heavy (non-hydrogen) atoms. The van der Waals surface area contributed by atoms with E-state index in [2.05, 4.69) is 9.98 Å². The van der Waals surface area contributed by atoms with E-state index in [-0.39, 0.29) is 17.8 Å². The molecule has 2 heterocycles. The van der Waals surface area contributed by atoms with Gasteiger partial charge in [0.15, 0.2) is 17.9 Å². The lowest BCUT2D eigenvalue weighted by molar-refractivity contribution is 0.284. The minimum absolute atomic E-state index is 0.134. The molecule has 4 N–H and O–H groups in total. The quantitative estimate of drug-likeness (QED) is 0.707. The van der Waals surface area contributed by atoms with Crippen molar-refractivity contribution in [3.63, 3.8) is 0 Å². The van der Waals surface area contributed by atoms with E-state index in [0.29, 0.717) is 24.0 Å². The number of furan rings is 1. The van der Waals surface area contributed by atoms with Gasteiger partial charge in [0, 0.05) is 17.8 Å². The molecule has 1 saturated carbocycles. The molecule has 1 unspecified atom stereocenters. The lowest BCUT2D eigenvalue weighted by atomic mass is 10.1. The highest BCUT2D eigenvalue weighted by atomic mass is 19.1. The molecule has 1 fully saturated rings. The van der Waals surface area contributed by atoms with Gasteiger partial charge >= 0.3 is 0 Å². The van der Waals surface area contributed by atoms with Gasteiger partial charge in [0.05, 0.1) is 19.9 Å². The maximum absolute atomic E-state index is 14.6. The maximum atomic E-state index is 14.6. The van der Waals surface area contributed by atoms with Crippen LogP contribution in [-0.2, 0) is 6.54 Å². The van der Waals surface area contributed by atoms with E-state index >= 15 is 0 Å². The smallest absolute Gasteiger partial charge is 0.231 e. The fourth-order valence-corrected chi connectivity index (χ4v) is 4.19. The van der Waals surface area contributed by atoms with E-state index < -0.39 is 12.1 Å². The lowest BCUT2D eigenvalue weighted by Gasteiger charge is -2.37. The first-order valence-electron chi connectivity index (χ1n) is 10.7. The molecule has 1 atom stereocenters. The van der Waals surface area contributed by atoms with E-state index in [4.69, 9.17) is 20.6 Å². The predicted octanol–water partition coefficient (Wildman–Crippen LogP) is 3.39. The van der Waals surface area contributed by atoms with Crippen LogP contribution in [0.3, 0.4) is 0 Å². The number of aliphatic imine (C=N–C) groups is 2. The van der Waals surface area contributed by atoms with Crippen LogP contribution in [0.2, 0.25) is 0 Å². The van der Waals surface area contributed by atoms with Gasteiger partial charge in [0.1, 0.15) is 5.76 Å². The summed E-state index contributed by atoms with van der Waals surface area (Å²) in [6.07, 6.45) is 7.38. The summed E-state index contributed by atoms with van der Waals surface area (Å²) in [5.74, 6) is 1.12. The molecule has 2 aromatic rings. The van der Waals surface area contributed by atoms with Crippen LogP contribution in [-0.4, -0.2) is 36.3 Å². The number of hydrogen-bond acceptors (Lipinski definition) is 8. The van der Waals surface area contributed by atoms with Crippen molar-refractivity contribution in [3.05, 3.63) is 48.2 Å². The largest absolute Gasteiger partial charge is 0.494 e. The highest BCUT2D eigenvalue weighted by Crippen LogP contribution is 2.31. The Bertz CT molecular complexity index is 937. The number of halogens is 1. The Morgan fingerprint density at radius 2 is 2.00 bits per heavy atom. The molecular formula is C22H29FN6O2. The van der Waals surface area contributed by atoms with Crippen molar-refractivity contribution in [3.8, 4) is 5.75 Å². The van der Waals surface area contributed by atoms with Gasteiger partial charge in [-0.15, -0.1) is 0 Å². The van der Waals surface area contributed by atoms with Crippen LogP contribution < -0.4 is 21.1 Å². The molecule has 166 valence electrons. The number of hydrogen-bond donors (Lipinski definition) is 2. The summed E-state index contributed by atoms with van der Waals surface area (Å²) in [6, 6.07) is 8.68. The van der Waals surface area contributed by atoms with Crippen molar-refractivity contribution < 1.29 is 13.5 Å². The first-order valence-corrected chi connectivity index (χ1v) is 10.7. The summed E-state index contributed by atoms with van der Waals surface area (Å²) in [5.41, 5.74) is 13.3. The second-order valence-electron chi connectivity index (χ2n) is 7.85. The lowest BCUT2D eigenvalue weighted by Crippen LogP contribution is -2.53. The number of guanidine groups is 2. The summed E-state index contributed by atoms with van der Waals surface area (Å²) in [6.45, 7) is 0.362. The third kappa shape index (κ3) is 4.66. The molecule has 1 aliphatic carbocycles. The Morgan fingerprint density at radius 1 is 1.23 bits per heavy atom. The Balaban J connectivity index is 1.67. The Labute approximate surface area is 181 Å². The predicted molar refractivity (Wildman–Crippen MR) is 118 cm³/mol. The standard InChI is InChI=1S/C22H29FN6O2/c1-30-19-11-10-16(13-18(19)23)29(15-7-4-2-3-5-8-15)22-26-20(24)28(21(25)27-22)14-17-9-6-12-31-17/h6,9-13,15,20H,2-5,7-8,14,24H2,1H3,(H2,25,26,27). The van der Waals surface area contributed by atoms with Crippen LogP contribution in [0.5, 0.6) is 5.75 Å². The summed E-state index contributed by atoms with van der Waals surface area (Å²) >= 11 is 0. The molecule has 0 bridgehead atoms. The highest BCUT2D eigenvalue weighted by Gasteiger charge is 2.31. The van der Waals surface area contributed by atoms with E-state index in [9.17, 15) is 4.39 Å². The molecule has 4 rings (SSSR count). The van der Waals surface area contributed by atoms with Crippen LogP contribution in [0, 0.1) is 5.82 Å². The summed E-state index contributed by atoms with van der Waals surface area (Å²) in [7, 11) is 1.45. The molecule has 1 aromatic heterocycles. The fourth-order valence-electron chi connectivity index (χ4n) is 4.19. The van der Waals surface area contributed by atoms with Crippen molar-refractivity contribution >= 4 is 17.6 Å². The molecule has 8 nitrogen and oxygen atoms in total. The molecule has 2 aliphatic rings. The minimum atomic E-state index is -0.728. The average molecular weight is 429 g/mol. The van der Waals surface area contributed by atoms with E-state index in [1.807, 2.05) is 17.0 Å². The van der Waals surface area contributed by atoms with Gasteiger partial charge in [-0.3, -0.25) is 5.73 Å². The van der Waals surface area contributed by atoms with Gasteiger partial charge in [-0.25, -0.2) is 9.38 Å². The van der Waals surface area contributed by atoms with Crippen LogP contribution in [0.4, 0.5) is 10.1 Å². The fraction of sp³-hybridized carbons (Fsp3) is 0.455. The van der Waals surface area contributed by atoms with Crippen LogP contribution in [0.1, 0.15) is 44.3 Å². The normalized spacial score (nSPS) is 20.1. The maximum Gasteiger partial charge on any atom is 0.231 e. The van der Waals surface area contributed by atoms with Crippen LogP contribution in [0.15, 0.2) is 51.0 Å². The van der Waals surface area contributed by atoms with Crippen molar-refractivity contribution in [1.82, 2.24) is 4.90 Å². The number of anilines is 1. The topological polar surface area (TPSA) is 106 Å². The second kappa shape index (κ2) is 9.38. The molecule has 0 spiro atoms. The van der Waals surface area contributed by atoms with Crippen LogP contribution >= 0.6 is 0 Å². The zero-order valence-corrected chi connectivity index (χ0v) is 17.7. The van der Waals surface area contributed by atoms with Crippen molar-refractivity contribution in [2.45, 2.75) is 57.4 Å². The summed E-state index contributed by atoms with van der Waals surface area (Å²) in [4.78, 5) is 12.8. The Kier molecular flexibility index (Phi) is 6.41.